The molecule has 0 atom stereocenters. The lowest BCUT2D eigenvalue weighted by Gasteiger charge is -2.29. The summed E-state index contributed by atoms with van der Waals surface area (Å²) in [4.78, 5) is 49.9. The Balaban J connectivity index is 1.95. The van der Waals surface area contributed by atoms with Gasteiger partial charge in [0.25, 0.3) is 5.91 Å². The molecule has 1 fully saturated rings. The highest BCUT2D eigenvalue weighted by molar-refractivity contribution is 6.34. The van der Waals surface area contributed by atoms with Crippen LogP contribution in [0.5, 0.6) is 0 Å². The highest BCUT2D eigenvalue weighted by Gasteiger charge is 2.38. The number of carbonyl (C=O) groups excluding carboxylic acids is 4. The van der Waals surface area contributed by atoms with Gasteiger partial charge >= 0.3 is 0 Å². The number of Topliss-reactive ketones (excluding diaryl/α,β-unsaturated/α-hetero) is 1. The molecule has 138 valence electrons. The molecule has 8 heteroatoms. The minimum Gasteiger partial charge on any atom is -0.292 e. The van der Waals surface area contributed by atoms with Crippen LogP contribution in [0.15, 0.2) is 48.5 Å². The first-order valence-corrected chi connectivity index (χ1v) is 8.85. The van der Waals surface area contributed by atoms with E-state index in [2.05, 4.69) is 0 Å². The molecule has 2 aromatic carbocycles. The minimum atomic E-state index is -0.702. The number of hydrogen-bond donors (Lipinski definition) is 0. The van der Waals surface area contributed by atoms with Gasteiger partial charge in [0.1, 0.15) is 6.54 Å². The third-order valence-corrected chi connectivity index (χ3v) is 4.65. The summed E-state index contributed by atoms with van der Waals surface area (Å²) in [7, 11) is 0. The van der Waals surface area contributed by atoms with E-state index >= 15 is 0 Å². The fourth-order valence-electron chi connectivity index (χ4n) is 2.70. The highest BCUT2D eigenvalue weighted by Crippen LogP contribution is 2.22. The van der Waals surface area contributed by atoms with E-state index in [0.29, 0.717) is 10.6 Å². The Morgan fingerprint density at radius 2 is 1.52 bits per heavy atom. The van der Waals surface area contributed by atoms with Crippen molar-refractivity contribution in [1.82, 2.24) is 10.0 Å². The second-order valence-corrected chi connectivity index (χ2v) is 6.72. The summed E-state index contributed by atoms with van der Waals surface area (Å²) in [6.45, 7) is -0.483. The number of ketones is 1. The molecule has 1 aliphatic heterocycles. The van der Waals surface area contributed by atoms with E-state index in [9.17, 15) is 19.2 Å². The number of hydrogen-bond acceptors (Lipinski definition) is 4. The van der Waals surface area contributed by atoms with E-state index in [0.717, 1.165) is 10.0 Å². The number of amides is 3. The Hall–Kier alpha value is -2.70. The van der Waals surface area contributed by atoms with Crippen LogP contribution in [-0.2, 0) is 9.59 Å². The second kappa shape index (κ2) is 7.90. The van der Waals surface area contributed by atoms with Gasteiger partial charge in [-0.1, -0.05) is 35.3 Å². The molecule has 1 saturated heterocycles. The van der Waals surface area contributed by atoms with Crippen LogP contribution in [0, 0.1) is 0 Å². The monoisotopic (exact) mass is 404 g/mol. The predicted molar refractivity (Wildman–Crippen MR) is 99.4 cm³/mol. The molecule has 0 aromatic heterocycles. The SMILES string of the molecule is O=C(CN(C(=O)c1ccccc1Cl)N1C(=O)CCC1=O)c1ccc(Cl)cc1. The van der Waals surface area contributed by atoms with Gasteiger partial charge in [-0.05, 0) is 36.4 Å². The van der Waals surface area contributed by atoms with Crippen molar-refractivity contribution >= 4 is 46.7 Å². The van der Waals surface area contributed by atoms with E-state index in [1.54, 1.807) is 24.3 Å². The van der Waals surface area contributed by atoms with E-state index < -0.39 is 30.0 Å². The van der Waals surface area contributed by atoms with Crippen molar-refractivity contribution in [2.24, 2.45) is 0 Å². The Kier molecular flexibility index (Phi) is 5.58. The van der Waals surface area contributed by atoms with Gasteiger partial charge in [-0.25, -0.2) is 5.01 Å². The lowest BCUT2D eigenvalue weighted by molar-refractivity contribution is -0.152. The van der Waals surface area contributed by atoms with Crippen molar-refractivity contribution in [3.63, 3.8) is 0 Å². The molecule has 0 aliphatic carbocycles. The summed E-state index contributed by atoms with van der Waals surface area (Å²) in [6, 6.07) is 12.3. The van der Waals surface area contributed by atoms with Gasteiger partial charge in [0.05, 0.1) is 10.6 Å². The molecule has 6 nitrogen and oxygen atoms in total. The zero-order valence-electron chi connectivity index (χ0n) is 14.0. The molecule has 0 radical (unpaired) electrons. The zero-order chi connectivity index (χ0) is 19.6. The summed E-state index contributed by atoms with van der Waals surface area (Å²) < 4.78 is 0. The van der Waals surface area contributed by atoms with Crippen LogP contribution in [0.4, 0.5) is 0 Å². The predicted octanol–water partition coefficient (Wildman–Crippen LogP) is 3.38. The van der Waals surface area contributed by atoms with Crippen LogP contribution in [-0.4, -0.2) is 40.1 Å². The molecule has 1 aliphatic rings. The minimum absolute atomic E-state index is 0.0136. The number of carbonyl (C=O) groups is 4. The highest BCUT2D eigenvalue weighted by atomic mass is 35.5. The van der Waals surface area contributed by atoms with Crippen LogP contribution in [0.25, 0.3) is 0 Å². The van der Waals surface area contributed by atoms with Crippen LogP contribution in [0.3, 0.4) is 0 Å². The maximum atomic E-state index is 13.0. The summed E-state index contributed by atoms with van der Waals surface area (Å²) in [5.41, 5.74) is 0.394. The first kappa shape index (κ1) is 19.1. The number of imide groups is 1. The van der Waals surface area contributed by atoms with E-state index in [4.69, 9.17) is 23.2 Å². The van der Waals surface area contributed by atoms with Crippen molar-refractivity contribution in [2.45, 2.75) is 12.8 Å². The van der Waals surface area contributed by atoms with Crippen LogP contribution >= 0.6 is 23.2 Å². The summed E-state index contributed by atoms with van der Waals surface area (Å²) in [5.74, 6) is -2.22. The Morgan fingerprint density at radius 3 is 2.11 bits per heavy atom. The largest absolute Gasteiger partial charge is 0.292 e. The molecule has 0 spiro atoms. The molecule has 1 heterocycles. The van der Waals surface area contributed by atoms with Gasteiger partial charge in [-0.15, -0.1) is 0 Å². The van der Waals surface area contributed by atoms with Crippen molar-refractivity contribution in [3.05, 3.63) is 69.7 Å². The summed E-state index contributed by atoms with van der Waals surface area (Å²) in [5, 5.41) is 2.21. The molecular formula is C19H14Cl2N2O4. The second-order valence-electron chi connectivity index (χ2n) is 5.87. The number of nitrogens with zero attached hydrogens (tertiary/aromatic N) is 2. The fourth-order valence-corrected chi connectivity index (χ4v) is 3.05. The van der Waals surface area contributed by atoms with Gasteiger partial charge in [-0.2, -0.15) is 5.01 Å². The van der Waals surface area contributed by atoms with Crippen molar-refractivity contribution < 1.29 is 19.2 Å². The van der Waals surface area contributed by atoms with Gasteiger partial charge in [0.15, 0.2) is 5.78 Å². The first-order valence-electron chi connectivity index (χ1n) is 8.09. The molecule has 3 amide bonds. The number of hydrazine groups is 1. The number of halogens is 2. The van der Waals surface area contributed by atoms with E-state index in [-0.39, 0.29) is 23.4 Å². The smallest absolute Gasteiger partial charge is 0.274 e. The van der Waals surface area contributed by atoms with Gasteiger partial charge in [0, 0.05) is 23.4 Å². The van der Waals surface area contributed by atoms with Crippen molar-refractivity contribution in [3.8, 4) is 0 Å². The van der Waals surface area contributed by atoms with Gasteiger partial charge < -0.3 is 0 Å². The molecule has 0 unspecified atom stereocenters. The van der Waals surface area contributed by atoms with Crippen molar-refractivity contribution in [2.75, 3.05) is 6.54 Å². The molecule has 0 saturated carbocycles. The zero-order valence-corrected chi connectivity index (χ0v) is 15.5. The van der Waals surface area contributed by atoms with E-state index in [1.807, 2.05) is 0 Å². The average molecular weight is 405 g/mol. The Labute approximate surface area is 165 Å². The number of benzene rings is 2. The van der Waals surface area contributed by atoms with Crippen LogP contribution in [0.1, 0.15) is 33.6 Å². The van der Waals surface area contributed by atoms with E-state index in [1.165, 1.54) is 24.3 Å². The standard InChI is InChI=1S/C19H14Cl2N2O4/c20-13-7-5-12(6-8-13)16(24)11-22(23-17(25)9-10-18(23)26)19(27)14-3-1-2-4-15(14)21/h1-8H,9-11H2. The fraction of sp³-hybridized carbons (Fsp3) is 0.158. The summed E-state index contributed by atoms with van der Waals surface area (Å²) in [6.07, 6.45) is -0.0272. The average Bonchev–Trinajstić information content (AvgIpc) is 2.98. The van der Waals surface area contributed by atoms with Crippen molar-refractivity contribution in [1.29, 1.82) is 0 Å². The maximum Gasteiger partial charge on any atom is 0.274 e. The lowest BCUT2D eigenvalue weighted by Crippen LogP contribution is -2.51. The number of rotatable bonds is 5. The molecule has 0 bridgehead atoms. The quantitative estimate of drug-likeness (QED) is 0.565. The maximum absolute atomic E-state index is 13.0. The molecule has 3 rings (SSSR count). The third kappa shape index (κ3) is 4.02. The van der Waals surface area contributed by atoms with Crippen LogP contribution in [0.2, 0.25) is 10.0 Å². The topological polar surface area (TPSA) is 74.8 Å². The molecule has 27 heavy (non-hydrogen) atoms. The molecular weight excluding hydrogens is 391 g/mol. The third-order valence-electron chi connectivity index (χ3n) is 4.06. The Bertz CT molecular complexity index is 912. The normalized spacial score (nSPS) is 13.8. The van der Waals surface area contributed by atoms with Gasteiger partial charge in [-0.3, -0.25) is 19.2 Å². The van der Waals surface area contributed by atoms with Gasteiger partial charge in [0.2, 0.25) is 11.8 Å². The van der Waals surface area contributed by atoms with Crippen LogP contribution < -0.4 is 0 Å². The lowest BCUT2D eigenvalue weighted by atomic mass is 10.1. The summed E-state index contributed by atoms with van der Waals surface area (Å²) >= 11 is 11.9. The Morgan fingerprint density at radius 1 is 0.926 bits per heavy atom. The first-order chi connectivity index (χ1) is 12.9. The molecule has 0 N–H and O–H groups in total. The molecule has 2 aromatic rings.